The third-order valence-corrected chi connectivity index (χ3v) is 3.54. The number of aromatic amines is 1. The van der Waals surface area contributed by atoms with E-state index in [-0.39, 0.29) is 18.3 Å². The summed E-state index contributed by atoms with van der Waals surface area (Å²) in [4.78, 5) is 20.6. The summed E-state index contributed by atoms with van der Waals surface area (Å²) in [6.07, 6.45) is 3.13. The van der Waals surface area contributed by atoms with Gasteiger partial charge in [0, 0.05) is 31.4 Å². The van der Waals surface area contributed by atoms with Gasteiger partial charge in [-0.2, -0.15) is 0 Å². The van der Waals surface area contributed by atoms with Gasteiger partial charge >= 0.3 is 6.03 Å². The number of hydrogen-bond acceptors (Lipinski definition) is 4. The molecule has 23 heavy (non-hydrogen) atoms. The van der Waals surface area contributed by atoms with Crippen LogP contribution in [-0.2, 0) is 6.42 Å². The molecule has 1 atom stereocenters. The molecule has 2 aromatic rings. The lowest BCUT2D eigenvalue weighted by Gasteiger charge is -2.24. The van der Waals surface area contributed by atoms with E-state index >= 15 is 0 Å². The van der Waals surface area contributed by atoms with Crippen molar-refractivity contribution in [2.24, 2.45) is 0 Å². The molecule has 0 saturated heterocycles. The summed E-state index contributed by atoms with van der Waals surface area (Å²) in [7, 11) is 0. The lowest BCUT2D eigenvalue weighted by Crippen LogP contribution is -2.42. The number of carbonyl (C=O) groups is 1. The number of aromatic hydroxyl groups is 1. The normalized spacial score (nSPS) is 11.9. The van der Waals surface area contributed by atoms with E-state index < -0.39 is 6.10 Å². The summed E-state index contributed by atoms with van der Waals surface area (Å²) in [6.45, 7) is 2.98. The zero-order valence-electron chi connectivity index (χ0n) is 13.1. The van der Waals surface area contributed by atoms with E-state index in [0.29, 0.717) is 25.1 Å². The standard InChI is InChI=1S/C16H22N4O3/c1-2-20(10-15(22)12-4-3-5-14(21)8-12)16(23)18-7-6-13-9-17-11-19-13/h3-5,8-9,11,15,21-22H,2,6-7,10H2,1H3,(H,17,19)(H,18,23)/t15-/m1/s1. The third-order valence-electron chi connectivity index (χ3n) is 3.54. The summed E-state index contributed by atoms with van der Waals surface area (Å²) >= 11 is 0. The number of imidazole rings is 1. The number of rotatable bonds is 7. The van der Waals surface area contributed by atoms with Gasteiger partial charge in [0.25, 0.3) is 0 Å². The van der Waals surface area contributed by atoms with Crippen molar-refractivity contribution in [1.29, 1.82) is 0 Å². The molecule has 1 heterocycles. The second-order valence-electron chi connectivity index (χ2n) is 5.21. The van der Waals surface area contributed by atoms with Crippen LogP contribution in [0.5, 0.6) is 5.75 Å². The van der Waals surface area contributed by atoms with Gasteiger partial charge in [0.15, 0.2) is 0 Å². The number of phenols is 1. The predicted octanol–water partition coefficient (Wildman–Crippen LogP) is 1.42. The fraction of sp³-hybridized carbons (Fsp3) is 0.375. The topological polar surface area (TPSA) is 101 Å². The van der Waals surface area contributed by atoms with E-state index in [4.69, 9.17) is 0 Å². The molecule has 124 valence electrons. The van der Waals surface area contributed by atoms with Crippen molar-refractivity contribution < 1.29 is 15.0 Å². The number of benzene rings is 1. The number of nitrogens with zero attached hydrogens (tertiary/aromatic N) is 2. The first-order valence-corrected chi connectivity index (χ1v) is 7.57. The zero-order valence-corrected chi connectivity index (χ0v) is 13.1. The van der Waals surface area contributed by atoms with Crippen LogP contribution < -0.4 is 5.32 Å². The van der Waals surface area contributed by atoms with Crippen LogP contribution in [0.1, 0.15) is 24.3 Å². The van der Waals surface area contributed by atoms with Gasteiger partial charge in [0.05, 0.1) is 19.0 Å². The van der Waals surface area contributed by atoms with E-state index in [2.05, 4.69) is 15.3 Å². The second kappa shape index (κ2) is 8.19. The average molecular weight is 318 g/mol. The molecular weight excluding hydrogens is 296 g/mol. The minimum atomic E-state index is -0.847. The minimum Gasteiger partial charge on any atom is -0.508 e. The van der Waals surface area contributed by atoms with Crippen molar-refractivity contribution in [3.63, 3.8) is 0 Å². The maximum atomic E-state index is 12.2. The number of aliphatic hydroxyl groups excluding tert-OH is 1. The van der Waals surface area contributed by atoms with Gasteiger partial charge in [0.1, 0.15) is 5.75 Å². The van der Waals surface area contributed by atoms with Crippen LogP contribution in [0.4, 0.5) is 4.79 Å². The molecule has 4 N–H and O–H groups in total. The minimum absolute atomic E-state index is 0.0913. The lowest BCUT2D eigenvalue weighted by molar-refractivity contribution is 0.123. The maximum absolute atomic E-state index is 12.2. The van der Waals surface area contributed by atoms with Gasteiger partial charge in [-0.3, -0.25) is 0 Å². The molecule has 0 bridgehead atoms. The zero-order chi connectivity index (χ0) is 16.7. The molecule has 7 heteroatoms. The van der Waals surface area contributed by atoms with E-state index in [0.717, 1.165) is 5.69 Å². The van der Waals surface area contributed by atoms with Crippen molar-refractivity contribution >= 4 is 6.03 Å². The highest BCUT2D eigenvalue weighted by Crippen LogP contribution is 2.19. The van der Waals surface area contributed by atoms with Gasteiger partial charge in [-0.05, 0) is 24.6 Å². The molecule has 2 amide bonds. The lowest BCUT2D eigenvalue weighted by atomic mass is 10.1. The van der Waals surface area contributed by atoms with Gasteiger partial charge in [-0.15, -0.1) is 0 Å². The van der Waals surface area contributed by atoms with Crippen LogP contribution in [0.3, 0.4) is 0 Å². The monoisotopic (exact) mass is 318 g/mol. The van der Waals surface area contributed by atoms with Crippen LogP contribution in [0.2, 0.25) is 0 Å². The Balaban J connectivity index is 1.84. The first-order chi connectivity index (χ1) is 11.1. The first kappa shape index (κ1) is 16.8. The molecule has 0 radical (unpaired) electrons. The third kappa shape index (κ3) is 5.00. The SMILES string of the molecule is CCN(C[C@@H](O)c1cccc(O)c1)C(=O)NCCc1cnc[nH]1. The van der Waals surface area contributed by atoms with Crippen LogP contribution in [-0.4, -0.2) is 50.7 Å². The first-order valence-electron chi connectivity index (χ1n) is 7.57. The average Bonchev–Trinajstić information content (AvgIpc) is 3.05. The number of aliphatic hydroxyl groups is 1. The molecule has 1 aromatic carbocycles. The Morgan fingerprint density at radius 3 is 2.96 bits per heavy atom. The van der Waals surface area contributed by atoms with E-state index in [9.17, 15) is 15.0 Å². The number of carbonyl (C=O) groups excluding carboxylic acids is 1. The van der Waals surface area contributed by atoms with E-state index in [1.54, 1.807) is 24.7 Å². The smallest absolute Gasteiger partial charge is 0.317 e. The molecule has 0 saturated carbocycles. The summed E-state index contributed by atoms with van der Waals surface area (Å²) in [5, 5.41) is 22.5. The van der Waals surface area contributed by atoms with Crippen LogP contribution >= 0.6 is 0 Å². The largest absolute Gasteiger partial charge is 0.508 e. The highest BCUT2D eigenvalue weighted by atomic mass is 16.3. The highest BCUT2D eigenvalue weighted by molar-refractivity contribution is 5.74. The number of aromatic nitrogens is 2. The molecule has 1 aromatic heterocycles. The number of likely N-dealkylation sites (N-methyl/N-ethyl adjacent to an activating group) is 1. The molecule has 7 nitrogen and oxygen atoms in total. The van der Waals surface area contributed by atoms with Crippen molar-refractivity contribution in [2.75, 3.05) is 19.6 Å². The number of amides is 2. The van der Waals surface area contributed by atoms with E-state index in [1.807, 2.05) is 6.92 Å². The van der Waals surface area contributed by atoms with Crippen LogP contribution in [0, 0.1) is 0 Å². The molecule has 0 aliphatic rings. The molecule has 0 fully saturated rings. The van der Waals surface area contributed by atoms with Gasteiger partial charge in [-0.25, -0.2) is 9.78 Å². The fourth-order valence-electron chi connectivity index (χ4n) is 2.24. The quantitative estimate of drug-likeness (QED) is 0.620. The number of H-pyrrole nitrogens is 1. The molecule has 0 aliphatic carbocycles. The van der Waals surface area contributed by atoms with Gasteiger partial charge in [-0.1, -0.05) is 12.1 Å². The Morgan fingerprint density at radius 2 is 2.30 bits per heavy atom. The molecule has 2 rings (SSSR count). The van der Waals surface area contributed by atoms with E-state index in [1.165, 1.54) is 17.0 Å². The van der Waals surface area contributed by atoms with Gasteiger partial charge in [0.2, 0.25) is 0 Å². The van der Waals surface area contributed by atoms with Crippen molar-refractivity contribution in [3.05, 3.63) is 48.0 Å². The van der Waals surface area contributed by atoms with Crippen LogP contribution in [0.25, 0.3) is 0 Å². The highest BCUT2D eigenvalue weighted by Gasteiger charge is 2.17. The number of nitrogens with one attached hydrogen (secondary N) is 2. The van der Waals surface area contributed by atoms with Crippen molar-refractivity contribution in [3.8, 4) is 5.75 Å². The Labute approximate surface area is 135 Å². The molecular formula is C16H22N4O3. The Morgan fingerprint density at radius 1 is 1.48 bits per heavy atom. The molecule has 0 spiro atoms. The summed E-state index contributed by atoms with van der Waals surface area (Å²) in [5.41, 5.74) is 1.53. The number of urea groups is 1. The van der Waals surface area contributed by atoms with Crippen molar-refractivity contribution in [2.45, 2.75) is 19.4 Å². The Hall–Kier alpha value is -2.54. The number of phenolic OH excluding ortho intramolecular Hbond substituents is 1. The van der Waals surface area contributed by atoms with Crippen LogP contribution in [0.15, 0.2) is 36.8 Å². The number of hydrogen-bond donors (Lipinski definition) is 4. The Kier molecular flexibility index (Phi) is 5.99. The summed E-state index contributed by atoms with van der Waals surface area (Å²) in [5.74, 6) is 0.0913. The fourth-order valence-corrected chi connectivity index (χ4v) is 2.24. The maximum Gasteiger partial charge on any atom is 0.317 e. The van der Waals surface area contributed by atoms with Gasteiger partial charge < -0.3 is 25.4 Å². The van der Waals surface area contributed by atoms with Crippen molar-refractivity contribution in [1.82, 2.24) is 20.2 Å². The predicted molar refractivity (Wildman–Crippen MR) is 86.0 cm³/mol. The molecule has 0 aliphatic heterocycles. The molecule has 0 unspecified atom stereocenters. The Bertz CT molecular complexity index is 616. The second-order valence-corrected chi connectivity index (χ2v) is 5.21. The summed E-state index contributed by atoms with van der Waals surface area (Å²) < 4.78 is 0. The summed E-state index contributed by atoms with van der Waals surface area (Å²) in [6, 6.07) is 6.18.